The Morgan fingerprint density at radius 3 is 2.55 bits per heavy atom. The summed E-state index contributed by atoms with van der Waals surface area (Å²) >= 11 is 0. The molecule has 29 heavy (non-hydrogen) atoms. The van der Waals surface area contributed by atoms with Crippen LogP contribution < -0.4 is 5.32 Å². The molecule has 1 fully saturated rings. The summed E-state index contributed by atoms with van der Waals surface area (Å²) in [6.07, 6.45) is 5.09. The maximum Gasteiger partial charge on any atom is 0.329 e. The Morgan fingerprint density at radius 1 is 1.10 bits per heavy atom. The minimum Gasteiger partial charge on any atom is -0.318 e. The number of imide groups is 1. The van der Waals surface area contributed by atoms with Crippen molar-refractivity contribution in [2.45, 2.75) is 20.4 Å². The van der Waals surface area contributed by atoms with Crippen LogP contribution in [-0.2, 0) is 11.3 Å². The van der Waals surface area contributed by atoms with Gasteiger partial charge in [-0.15, -0.1) is 0 Å². The SMILES string of the molecule is Cc1cc(/C=C2\NC(=O)N(Cc3ccccc3F)C2=O)c(C)n1-c1ccncc1. The number of rotatable bonds is 4. The molecule has 3 heterocycles. The minimum absolute atomic E-state index is 0.120. The van der Waals surface area contributed by atoms with Gasteiger partial charge < -0.3 is 9.88 Å². The molecule has 3 aromatic rings. The maximum absolute atomic E-state index is 13.9. The van der Waals surface area contributed by atoms with E-state index in [4.69, 9.17) is 0 Å². The molecule has 0 radical (unpaired) electrons. The first kappa shape index (κ1) is 18.6. The van der Waals surface area contributed by atoms with Crippen LogP contribution in [0.4, 0.5) is 9.18 Å². The third-order valence-electron chi connectivity index (χ3n) is 4.94. The van der Waals surface area contributed by atoms with Crippen LogP contribution in [0.2, 0.25) is 0 Å². The number of nitrogens with one attached hydrogen (secondary N) is 1. The van der Waals surface area contributed by atoms with Crippen molar-refractivity contribution >= 4 is 18.0 Å². The second-order valence-corrected chi connectivity index (χ2v) is 6.84. The van der Waals surface area contributed by atoms with Crippen LogP contribution in [-0.4, -0.2) is 26.4 Å². The van der Waals surface area contributed by atoms with Gasteiger partial charge in [0, 0.05) is 35.0 Å². The number of benzene rings is 1. The van der Waals surface area contributed by atoms with E-state index in [2.05, 4.69) is 10.3 Å². The Labute approximate surface area is 167 Å². The van der Waals surface area contributed by atoms with Gasteiger partial charge in [0.2, 0.25) is 0 Å². The topological polar surface area (TPSA) is 67.2 Å². The largest absolute Gasteiger partial charge is 0.329 e. The van der Waals surface area contributed by atoms with E-state index in [-0.39, 0.29) is 17.8 Å². The van der Waals surface area contributed by atoms with Crippen LogP contribution in [0.15, 0.2) is 60.6 Å². The fourth-order valence-corrected chi connectivity index (χ4v) is 3.49. The fourth-order valence-electron chi connectivity index (χ4n) is 3.49. The lowest BCUT2D eigenvalue weighted by molar-refractivity contribution is -0.123. The van der Waals surface area contributed by atoms with Crippen molar-refractivity contribution in [1.82, 2.24) is 19.8 Å². The van der Waals surface area contributed by atoms with Crippen molar-refractivity contribution in [3.05, 3.63) is 88.9 Å². The first-order chi connectivity index (χ1) is 14.0. The summed E-state index contributed by atoms with van der Waals surface area (Å²) < 4.78 is 16.0. The molecule has 1 aliphatic heterocycles. The minimum atomic E-state index is -0.563. The average Bonchev–Trinajstić information content (AvgIpc) is 3.13. The van der Waals surface area contributed by atoms with Gasteiger partial charge in [-0.3, -0.25) is 14.7 Å². The van der Waals surface area contributed by atoms with Gasteiger partial charge in [0.15, 0.2) is 0 Å². The van der Waals surface area contributed by atoms with Crippen LogP contribution in [0.5, 0.6) is 0 Å². The molecule has 0 aliphatic carbocycles. The highest BCUT2D eigenvalue weighted by atomic mass is 19.1. The summed E-state index contributed by atoms with van der Waals surface area (Å²) in [5.74, 6) is -0.932. The summed E-state index contributed by atoms with van der Waals surface area (Å²) in [5.41, 5.74) is 4.14. The van der Waals surface area contributed by atoms with E-state index in [1.165, 1.54) is 6.07 Å². The standard InChI is InChI=1S/C22H19FN4O2/c1-14-11-17(15(2)27(14)18-7-9-24-10-8-18)12-20-21(28)26(22(29)25-20)13-16-5-3-4-6-19(16)23/h3-12H,13H2,1-2H3,(H,25,29)/b20-12-. The summed E-state index contributed by atoms with van der Waals surface area (Å²) in [5, 5.41) is 2.59. The Bertz CT molecular complexity index is 1130. The molecule has 0 atom stereocenters. The highest BCUT2D eigenvalue weighted by Crippen LogP contribution is 2.24. The predicted molar refractivity (Wildman–Crippen MR) is 106 cm³/mol. The molecule has 4 rings (SSSR count). The van der Waals surface area contributed by atoms with Crippen molar-refractivity contribution in [1.29, 1.82) is 0 Å². The van der Waals surface area contributed by atoms with Gasteiger partial charge in [-0.2, -0.15) is 0 Å². The molecular weight excluding hydrogens is 371 g/mol. The number of carbonyl (C=O) groups excluding carboxylic acids is 2. The van der Waals surface area contributed by atoms with E-state index < -0.39 is 17.8 Å². The van der Waals surface area contributed by atoms with Crippen LogP contribution in [0.3, 0.4) is 0 Å². The lowest BCUT2D eigenvalue weighted by atomic mass is 10.2. The third kappa shape index (κ3) is 3.42. The number of hydrogen-bond donors (Lipinski definition) is 1. The zero-order valence-corrected chi connectivity index (χ0v) is 16.0. The summed E-state index contributed by atoms with van der Waals surface area (Å²) in [4.78, 5) is 30.1. The Balaban J connectivity index is 1.64. The quantitative estimate of drug-likeness (QED) is 0.545. The summed E-state index contributed by atoms with van der Waals surface area (Å²) in [6, 6.07) is 11.3. The summed E-state index contributed by atoms with van der Waals surface area (Å²) in [7, 11) is 0. The van der Waals surface area contributed by atoms with Gasteiger partial charge in [0.25, 0.3) is 5.91 Å². The predicted octanol–water partition coefficient (Wildman–Crippen LogP) is 3.72. The normalized spacial score (nSPS) is 15.3. The van der Waals surface area contributed by atoms with Gasteiger partial charge in [0.05, 0.1) is 6.54 Å². The van der Waals surface area contributed by atoms with Gasteiger partial charge in [-0.05, 0) is 49.8 Å². The molecule has 2 aromatic heterocycles. The number of urea groups is 1. The molecule has 0 bridgehead atoms. The first-order valence-corrected chi connectivity index (χ1v) is 9.13. The fraction of sp³-hybridized carbons (Fsp3) is 0.136. The maximum atomic E-state index is 13.9. The second-order valence-electron chi connectivity index (χ2n) is 6.84. The number of amides is 3. The van der Waals surface area contributed by atoms with Gasteiger partial charge in [-0.1, -0.05) is 18.2 Å². The Morgan fingerprint density at radius 2 is 1.83 bits per heavy atom. The van der Waals surface area contributed by atoms with Gasteiger partial charge in [-0.25, -0.2) is 9.18 Å². The van der Waals surface area contributed by atoms with Crippen LogP contribution >= 0.6 is 0 Å². The van der Waals surface area contributed by atoms with E-state index in [9.17, 15) is 14.0 Å². The number of pyridine rings is 1. The molecule has 0 spiro atoms. The highest BCUT2D eigenvalue weighted by Gasteiger charge is 2.34. The zero-order chi connectivity index (χ0) is 20.5. The number of aryl methyl sites for hydroxylation is 1. The van der Waals surface area contributed by atoms with Gasteiger partial charge in [0.1, 0.15) is 11.5 Å². The second kappa shape index (κ2) is 7.35. The van der Waals surface area contributed by atoms with Crippen LogP contribution in [0, 0.1) is 19.7 Å². The molecule has 0 unspecified atom stereocenters. The number of aromatic nitrogens is 2. The lowest BCUT2D eigenvalue weighted by Crippen LogP contribution is -2.30. The molecule has 146 valence electrons. The van der Waals surface area contributed by atoms with Crippen molar-refractivity contribution in [3.63, 3.8) is 0 Å². The van der Waals surface area contributed by atoms with Crippen molar-refractivity contribution in [2.24, 2.45) is 0 Å². The molecule has 6 nitrogen and oxygen atoms in total. The van der Waals surface area contributed by atoms with E-state index >= 15 is 0 Å². The average molecular weight is 390 g/mol. The number of halogens is 1. The Hall–Kier alpha value is -3.74. The molecule has 1 saturated heterocycles. The third-order valence-corrected chi connectivity index (χ3v) is 4.94. The smallest absolute Gasteiger partial charge is 0.318 e. The Kier molecular flexibility index (Phi) is 4.72. The zero-order valence-electron chi connectivity index (χ0n) is 16.0. The van der Waals surface area contributed by atoms with E-state index in [0.717, 1.165) is 27.5 Å². The number of nitrogens with zero attached hydrogens (tertiary/aromatic N) is 3. The lowest BCUT2D eigenvalue weighted by Gasteiger charge is -2.12. The van der Waals surface area contributed by atoms with Gasteiger partial charge >= 0.3 is 6.03 Å². The molecule has 3 amide bonds. The molecule has 0 saturated carbocycles. The van der Waals surface area contributed by atoms with E-state index in [0.29, 0.717) is 0 Å². The van der Waals surface area contributed by atoms with Crippen molar-refractivity contribution in [3.8, 4) is 5.69 Å². The number of hydrogen-bond acceptors (Lipinski definition) is 3. The molecule has 7 heteroatoms. The van der Waals surface area contributed by atoms with Crippen molar-refractivity contribution in [2.75, 3.05) is 0 Å². The van der Waals surface area contributed by atoms with E-state index in [1.807, 2.05) is 36.6 Å². The van der Waals surface area contributed by atoms with Crippen LogP contribution in [0.1, 0.15) is 22.5 Å². The molecule has 1 aromatic carbocycles. The van der Waals surface area contributed by atoms with Crippen LogP contribution in [0.25, 0.3) is 11.8 Å². The monoisotopic (exact) mass is 390 g/mol. The van der Waals surface area contributed by atoms with E-state index in [1.54, 1.807) is 36.7 Å². The van der Waals surface area contributed by atoms with Crippen molar-refractivity contribution < 1.29 is 14.0 Å². The molecular formula is C22H19FN4O2. The number of carbonyl (C=O) groups is 2. The molecule has 1 aliphatic rings. The summed E-state index contributed by atoms with van der Waals surface area (Å²) in [6.45, 7) is 3.79. The highest BCUT2D eigenvalue weighted by molar-refractivity contribution is 6.14. The molecule has 1 N–H and O–H groups in total. The first-order valence-electron chi connectivity index (χ1n) is 9.13.